The molecule has 2 aromatic rings. The van der Waals surface area contributed by atoms with Gasteiger partial charge in [0.25, 0.3) is 15.9 Å². The van der Waals surface area contributed by atoms with Gasteiger partial charge >= 0.3 is 6.18 Å². The van der Waals surface area contributed by atoms with Gasteiger partial charge in [0.05, 0.1) is 5.56 Å². The van der Waals surface area contributed by atoms with Crippen molar-refractivity contribution < 1.29 is 31.2 Å². The largest absolute Gasteiger partial charge is 0.416 e. The first kappa shape index (κ1) is 19.9. The van der Waals surface area contributed by atoms with Crippen LogP contribution in [-0.2, 0) is 28.0 Å². The van der Waals surface area contributed by atoms with Gasteiger partial charge < -0.3 is 10.3 Å². The number of benzene rings is 1. The number of hydrogen-bond donors (Lipinski definition) is 2. The molecule has 1 aliphatic rings. The summed E-state index contributed by atoms with van der Waals surface area (Å²) in [5, 5.41) is 0. The molecule has 1 heterocycles. The molecule has 2 unspecified atom stereocenters. The van der Waals surface area contributed by atoms with E-state index in [9.17, 15) is 31.2 Å². The third-order valence-electron chi connectivity index (χ3n) is 4.57. The highest BCUT2D eigenvalue weighted by Gasteiger charge is 2.48. The number of nitrogens with zero attached hydrogens (tertiary/aromatic N) is 1. The minimum absolute atomic E-state index is 0.0386. The molecule has 7 nitrogen and oxygen atoms in total. The van der Waals surface area contributed by atoms with Crippen molar-refractivity contribution in [2.75, 3.05) is 0 Å². The summed E-state index contributed by atoms with van der Waals surface area (Å²) >= 11 is 0. The number of carbonyl (C=O) groups is 2. The van der Waals surface area contributed by atoms with Crippen LogP contribution in [0.5, 0.6) is 0 Å². The molecule has 150 valence electrons. The summed E-state index contributed by atoms with van der Waals surface area (Å²) in [5.41, 5.74) is 4.18. The standard InChI is InChI=1S/C17H16F3N3O4S/c1-23-8-9(6-14(23)15(21)24)28(26,27)22-16(25)12-7-11(12)10-4-2-3-5-13(10)17(18,19)20/h2-6,8,11-12H,7H2,1H3,(H2,21,24)(H,22,25). The van der Waals surface area contributed by atoms with E-state index in [4.69, 9.17) is 5.73 Å². The molecule has 2 amide bonds. The maximum Gasteiger partial charge on any atom is 0.416 e. The molecule has 1 aromatic carbocycles. The zero-order chi connectivity index (χ0) is 20.9. The Hall–Kier alpha value is -2.82. The van der Waals surface area contributed by atoms with Crippen LogP contribution < -0.4 is 10.5 Å². The fourth-order valence-corrected chi connectivity index (χ4v) is 4.20. The minimum atomic E-state index is -4.57. The Morgan fingerprint density at radius 1 is 1.25 bits per heavy atom. The highest BCUT2D eigenvalue weighted by atomic mass is 32.2. The summed E-state index contributed by atoms with van der Waals surface area (Å²) in [6.07, 6.45) is -3.35. The fourth-order valence-electron chi connectivity index (χ4n) is 3.10. The van der Waals surface area contributed by atoms with Crippen molar-refractivity contribution in [2.24, 2.45) is 18.7 Å². The van der Waals surface area contributed by atoms with E-state index in [1.165, 1.54) is 29.8 Å². The van der Waals surface area contributed by atoms with Crippen molar-refractivity contribution in [3.8, 4) is 0 Å². The van der Waals surface area contributed by atoms with Gasteiger partial charge in [-0.15, -0.1) is 0 Å². The number of aryl methyl sites for hydroxylation is 1. The number of amides is 2. The number of aromatic nitrogens is 1. The Bertz CT molecular complexity index is 1060. The van der Waals surface area contributed by atoms with E-state index in [0.717, 1.165) is 18.3 Å². The molecule has 1 aliphatic carbocycles. The predicted octanol–water partition coefficient (Wildman–Crippen LogP) is 1.75. The minimum Gasteiger partial charge on any atom is -0.364 e. The number of carbonyl (C=O) groups excluding carboxylic acids is 2. The molecule has 0 saturated heterocycles. The summed E-state index contributed by atoms with van der Waals surface area (Å²) in [7, 11) is -2.89. The Labute approximate surface area is 158 Å². The Morgan fingerprint density at radius 2 is 1.89 bits per heavy atom. The summed E-state index contributed by atoms with van der Waals surface area (Å²) in [5.74, 6) is -3.35. The molecule has 0 spiro atoms. The van der Waals surface area contributed by atoms with Gasteiger partial charge in [0, 0.05) is 19.2 Å². The van der Waals surface area contributed by atoms with E-state index in [1.807, 2.05) is 4.72 Å². The van der Waals surface area contributed by atoms with Gasteiger partial charge in [-0.1, -0.05) is 18.2 Å². The molecule has 3 N–H and O–H groups in total. The van der Waals surface area contributed by atoms with E-state index in [0.29, 0.717) is 0 Å². The van der Waals surface area contributed by atoms with Gasteiger partial charge in [-0.25, -0.2) is 13.1 Å². The van der Waals surface area contributed by atoms with E-state index in [1.54, 1.807) is 0 Å². The number of rotatable bonds is 5. The van der Waals surface area contributed by atoms with Crippen molar-refractivity contribution in [1.29, 1.82) is 0 Å². The molecule has 28 heavy (non-hydrogen) atoms. The lowest BCUT2D eigenvalue weighted by Gasteiger charge is -2.12. The molecule has 1 aromatic heterocycles. The summed E-state index contributed by atoms with van der Waals surface area (Å²) in [6, 6.07) is 5.91. The van der Waals surface area contributed by atoms with Gasteiger partial charge in [0.1, 0.15) is 10.6 Å². The van der Waals surface area contributed by atoms with Crippen molar-refractivity contribution in [3.05, 3.63) is 53.3 Å². The van der Waals surface area contributed by atoms with Gasteiger partial charge in [0.2, 0.25) is 5.91 Å². The van der Waals surface area contributed by atoms with Crippen molar-refractivity contribution in [3.63, 3.8) is 0 Å². The molecule has 1 saturated carbocycles. The Kier molecular flexibility index (Phi) is 4.74. The van der Waals surface area contributed by atoms with Crippen LogP contribution in [0.3, 0.4) is 0 Å². The lowest BCUT2D eigenvalue weighted by atomic mass is 10.0. The first-order valence-electron chi connectivity index (χ1n) is 8.11. The lowest BCUT2D eigenvalue weighted by Crippen LogP contribution is -2.32. The molecule has 0 aliphatic heterocycles. The molecule has 1 fully saturated rings. The van der Waals surface area contributed by atoms with Crippen molar-refractivity contribution >= 4 is 21.8 Å². The molecule has 0 radical (unpaired) electrons. The van der Waals surface area contributed by atoms with Crippen LogP contribution in [0.25, 0.3) is 0 Å². The van der Waals surface area contributed by atoms with Gasteiger partial charge in [-0.2, -0.15) is 13.2 Å². The number of primary amides is 1. The highest BCUT2D eigenvalue weighted by molar-refractivity contribution is 7.90. The molecular weight excluding hydrogens is 399 g/mol. The normalized spacial score (nSPS) is 19.3. The molecular formula is C17H16F3N3O4S. The van der Waals surface area contributed by atoms with Crippen LogP contribution in [0, 0.1) is 5.92 Å². The second-order valence-electron chi connectivity index (χ2n) is 6.54. The monoisotopic (exact) mass is 415 g/mol. The fraction of sp³-hybridized carbons (Fsp3) is 0.294. The van der Waals surface area contributed by atoms with Crippen LogP contribution in [-0.4, -0.2) is 24.8 Å². The van der Waals surface area contributed by atoms with Crippen LogP contribution in [0.4, 0.5) is 13.2 Å². The predicted molar refractivity (Wildman–Crippen MR) is 91.6 cm³/mol. The van der Waals surface area contributed by atoms with Crippen LogP contribution in [0.15, 0.2) is 41.4 Å². The van der Waals surface area contributed by atoms with Gasteiger partial charge in [-0.3, -0.25) is 9.59 Å². The topological polar surface area (TPSA) is 111 Å². The zero-order valence-corrected chi connectivity index (χ0v) is 15.3. The van der Waals surface area contributed by atoms with Crippen molar-refractivity contribution in [2.45, 2.75) is 23.4 Å². The van der Waals surface area contributed by atoms with Crippen LogP contribution in [0.2, 0.25) is 0 Å². The second kappa shape index (κ2) is 6.66. The van der Waals surface area contributed by atoms with Gasteiger partial charge in [0.15, 0.2) is 0 Å². The average Bonchev–Trinajstić information content (AvgIpc) is 3.28. The average molecular weight is 415 g/mol. The van der Waals surface area contributed by atoms with Crippen LogP contribution >= 0.6 is 0 Å². The number of hydrogen-bond acceptors (Lipinski definition) is 4. The maximum atomic E-state index is 13.1. The first-order chi connectivity index (χ1) is 12.9. The van der Waals surface area contributed by atoms with E-state index >= 15 is 0 Å². The van der Waals surface area contributed by atoms with E-state index in [2.05, 4.69) is 0 Å². The Morgan fingerprint density at radius 3 is 2.46 bits per heavy atom. The lowest BCUT2D eigenvalue weighted by molar-refractivity contribution is -0.138. The second-order valence-corrected chi connectivity index (χ2v) is 8.22. The van der Waals surface area contributed by atoms with Crippen molar-refractivity contribution in [1.82, 2.24) is 9.29 Å². The van der Waals surface area contributed by atoms with E-state index in [-0.39, 0.29) is 22.6 Å². The van der Waals surface area contributed by atoms with Crippen LogP contribution in [0.1, 0.15) is 34.0 Å². The third kappa shape index (κ3) is 3.75. The zero-order valence-electron chi connectivity index (χ0n) is 14.5. The molecule has 0 bridgehead atoms. The van der Waals surface area contributed by atoms with Gasteiger partial charge in [-0.05, 0) is 30.0 Å². The smallest absolute Gasteiger partial charge is 0.364 e. The number of nitrogens with two attached hydrogens (primary N) is 1. The van der Waals surface area contributed by atoms with E-state index < -0.39 is 45.4 Å². The number of alkyl halides is 3. The maximum absolute atomic E-state index is 13.1. The quantitative estimate of drug-likeness (QED) is 0.775. The summed E-state index contributed by atoms with van der Waals surface area (Å²) < 4.78 is 67.1. The summed E-state index contributed by atoms with van der Waals surface area (Å²) in [4.78, 5) is 23.2. The number of halogens is 3. The summed E-state index contributed by atoms with van der Waals surface area (Å²) in [6.45, 7) is 0. The Balaban J connectivity index is 1.77. The molecule has 3 rings (SSSR count). The highest BCUT2D eigenvalue weighted by Crippen LogP contribution is 2.51. The number of sulfonamides is 1. The SMILES string of the molecule is Cn1cc(S(=O)(=O)NC(=O)C2CC2c2ccccc2C(F)(F)F)cc1C(N)=O. The molecule has 2 atom stereocenters. The third-order valence-corrected chi connectivity index (χ3v) is 5.88. The number of nitrogens with one attached hydrogen (secondary N) is 1. The first-order valence-corrected chi connectivity index (χ1v) is 9.59. The molecule has 11 heteroatoms.